The number of rotatable bonds is 4. The highest BCUT2D eigenvalue weighted by Gasteiger charge is 2.10. The Kier molecular flexibility index (Phi) is 3.82. The van der Waals surface area contributed by atoms with Gasteiger partial charge in [0.25, 0.3) is 0 Å². The Morgan fingerprint density at radius 2 is 2.05 bits per heavy atom. The van der Waals surface area contributed by atoms with Gasteiger partial charge in [0.05, 0.1) is 4.90 Å². The summed E-state index contributed by atoms with van der Waals surface area (Å²) in [5.74, 6) is 0.798. The third-order valence-corrected chi connectivity index (χ3v) is 3.63. The Balaban J connectivity index is 2.34. The topological polar surface area (TPSA) is 82.3 Å². The van der Waals surface area contributed by atoms with Crippen molar-refractivity contribution in [2.45, 2.75) is 11.4 Å². The van der Waals surface area contributed by atoms with Crippen LogP contribution in [0.25, 0.3) is 0 Å². The van der Waals surface area contributed by atoms with Crippen molar-refractivity contribution < 1.29 is 13.2 Å². The Hall–Kier alpha value is -1.92. The molecule has 2 aromatic rings. The minimum absolute atomic E-state index is 0.204. The molecular weight excluding hydrogens is 264 g/mol. The van der Waals surface area contributed by atoms with E-state index in [0.717, 1.165) is 11.8 Å². The van der Waals surface area contributed by atoms with Gasteiger partial charge in [-0.25, -0.2) is 13.4 Å². The highest BCUT2D eigenvalue weighted by Crippen LogP contribution is 2.24. The molecule has 100 valence electrons. The monoisotopic (exact) mass is 278 g/mol. The van der Waals surface area contributed by atoms with Crippen molar-refractivity contribution in [1.29, 1.82) is 0 Å². The van der Waals surface area contributed by atoms with Gasteiger partial charge in [0, 0.05) is 24.6 Å². The molecule has 0 atom stereocenters. The molecule has 5 nitrogen and oxygen atoms in total. The van der Waals surface area contributed by atoms with Crippen LogP contribution < -0.4 is 10.5 Å². The van der Waals surface area contributed by atoms with E-state index in [-0.39, 0.29) is 4.90 Å². The lowest BCUT2D eigenvalue weighted by molar-refractivity contribution is 0.455. The molecule has 0 radical (unpaired) electrons. The second kappa shape index (κ2) is 5.38. The Morgan fingerprint density at radius 1 is 1.26 bits per heavy atom. The van der Waals surface area contributed by atoms with Crippen molar-refractivity contribution in [3.05, 3.63) is 48.2 Å². The van der Waals surface area contributed by atoms with Crippen LogP contribution in [0.5, 0.6) is 11.6 Å². The first-order valence-electron chi connectivity index (χ1n) is 5.62. The molecule has 0 aliphatic heterocycles. The van der Waals surface area contributed by atoms with Gasteiger partial charge >= 0.3 is 0 Å². The van der Waals surface area contributed by atoms with Gasteiger partial charge in [-0.15, -0.1) is 0 Å². The molecule has 2 N–H and O–H groups in total. The van der Waals surface area contributed by atoms with E-state index in [1.807, 2.05) is 6.07 Å². The highest BCUT2D eigenvalue weighted by molar-refractivity contribution is 7.90. The molecule has 0 aliphatic rings. The smallest absolute Gasteiger partial charge is 0.223 e. The van der Waals surface area contributed by atoms with Crippen molar-refractivity contribution in [1.82, 2.24) is 4.98 Å². The zero-order chi connectivity index (χ0) is 13.9. The number of hydrogen-bond acceptors (Lipinski definition) is 5. The summed E-state index contributed by atoms with van der Waals surface area (Å²) >= 11 is 0. The van der Waals surface area contributed by atoms with Crippen molar-refractivity contribution in [3.8, 4) is 11.6 Å². The molecule has 0 fully saturated rings. The number of sulfone groups is 1. The summed E-state index contributed by atoms with van der Waals surface area (Å²) in [6.45, 7) is 0.301. The first kappa shape index (κ1) is 13.5. The lowest BCUT2D eigenvalue weighted by Gasteiger charge is -2.09. The van der Waals surface area contributed by atoms with Gasteiger partial charge in [0.15, 0.2) is 9.84 Å². The van der Waals surface area contributed by atoms with Crippen LogP contribution in [-0.2, 0) is 16.4 Å². The van der Waals surface area contributed by atoms with Gasteiger partial charge < -0.3 is 10.5 Å². The normalized spacial score (nSPS) is 11.3. The molecule has 0 bridgehead atoms. The van der Waals surface area contributed by atoms with Crippen molar-refractivity contribution in [3.63, 3.8) is 0 Å². The average Bonchev–Trinajstić information content (AvgIpc) is 2.39. The van der Waals surface area contributed by atoms with E-state index in [1.165, 1.54) is 12.1 Å². The van der Waals surface area contributed by atoms with Gasteiger partial charge in [-0.2, -0.15) is 0 Å². The van der Waals surface area contributed by atoms with E-state index in [0.29, 0.717) is 18.2 Å². The molecule has 0 amide bonds. The molecule has 1 aromatic carbocycles. The van der Waals surface area contributed by atoms with Crippen LogP contribution in [0.15, 0.2) is 47.5 Å². The number of hydrogen-bond donors (Lipinski definition) is 1. The van der Waals surface area contributed by atoms with Crippen LogP contribution >= 0.6 is 0 Å². The lowest BCUT2D eigenvalue weighted by Crippen LogP contribution is -2.01. The maximum absolute atomic E-state index is 11.5. The van der Waals surface area contributed by atoms with Crippen LogP contribution in [0.4, 0.5) is 0 Å². The fourth-order valence-corrected chi connectivity index (χ4v) is 2.21. The summed E-state index contributed by atoms with van der Waals surface area (Å²) in [7, 11) is -3.26. The predicted molar refractivity (Wildman–Crippen MR) is 71.8 cm³/mol. The largest absolute Gasteiger partial charge is 0.439 e. The van der Waals surface area contributed by atoms with Crippen molar-refractivity contribution >= 4 is 9.84 Å². The maximum Gasteiger partial charge on any atom is 0.223 e. The third-order valence-electron chi connectivity index (χ3n) is 2.52. The number of ether oxygens (including phenoxy) is 1. The predicted octanol–water partition coefficient (Wildman–Crippen LogP) is 1.74. The van der Waals surface area contributed by atoms with Gasteiger partial charge in [0.1, 0.15) is 5.75 Å². The molecule has 0 spiro atoms. The van der Waals surface area contributed by atoms with Crippen LogP contribution in [0.1, 0.15) is 5.56 Å². The third kappa shape index (κ3) is 3.30. The van der Waals surface area contributed by atoms with Gasteiger partial charge in [-0.05, 0) is 24.3 Å². The van der Waals surface area contributed by atoms with Gasteiger partial charge in [0.2, 0.25) is 5.88 Å². The second-order valence-electron chi connectivity index (χ2n) is 4.02. The summed E-state index contributed by atoms with van der Waals surface area (Å²) in [6, 6.07) is 9.85. The van der Waals surface area contributed by atoms with Gasteiger partial charge in [-0.3, -0.25) is 0 Å². The molecule has 0 unspecified atom stereocenters. The number of aromatic nitrogens is 1. The lowest BCUT2D eigenvalue weighted by atomic mass is 10.3. The van der Waals surface area contributed by atoms with Crippen LogP contribution in [0, 0.1) is 0 Å². The summed E-state index contributed by atoms with van der Waals surface area (Å²) < 4.78 is 28.5. The number of nitrogens with two attached hydrogens (primary N) is 1. The second-order valence-corrected chi connectivity index (χ2v) is 6.04. The maximum atomic E-state index is 11.5. The zero-order valence-electron chi connectivity index (χ0n) is 10.4. The quantitative estimate of drug-likeness (QED) is 0.921. The minimum atomic E-state index is -3.26. The molecule has 0 saturated carbocycles. The molecular formula is C13H14N2O3S. The van der Waals surface area contributed by atoms with E-state index in [2.05, 4.69) is 4.98 Å². The summed E-state index contributed by atoms with van der Waals surface area (Å²) in [4.78, 5) is 4.29. The average molecular weight is 278 g/mol. The fraction of sp³-hybridized carbons (Fsp3) is 0.154. The van der Waals surface area contributed by atoms with Crippen molar-refractivity contribution in [2.75, 3.05) is 6.26 Å². The van der Waals surface area contributed by atoms with Crippen LogP contribution in [0.3, 0.4) is 0 Å². The minimum Gasteiger partial charge on any atom is -0.439 e. The molecule has 2 rings (SSSR count). The molecule has 0 aliphatic carbocycles. The van der Waals surface area contributed by atoms with Crippen LogP contribution in [-0.4, -0.2) is 19.7 Å². The first-order chi connectivity index (χ1) is 9.00. The standard InChI is InChI=1S/C13H14N2O3S/c1-19(16,17)12-6-2-5-11(8-12)18-13-10(9-14)4-3-7-15-13/h2-8H,9,14H2,1H3. The van der Waals surface area contributed by atoms with E-state index < -0.39 is 9.84 Å². The Morgan fingerprint density at radius 3 is 2.74 bits per heavy atom. The molecule has 19 heavy (non-hydrogen) atoms. The number of pyridine rings is 1. The van der Waals surface area contributed by atoms with E-state index >= 15 is 0 Å². The molecule has 6 heteroatoms. The first-order valence-corrected chi connectivity index (χ1v) is 7.52. The highest BCUT2D eigenvalue weighted by atomic mass is 32.2. The Labute approximate surface area is 112 Å². The van der Waals surface area contributed by atoms with E-state index in [9.17, 15) is 8.42 Å². The van der Waals surface area contributed by atoms with Crippen LogP contribution in [0.2, 0.25) is 0 Å². The van der Waals surface area contributed by atoms with E-state index in [4.69, 9.17) is 10.5 Å². The molecule has 0 saturated heterocycles. The SMILES string of the molecule is CS(=O)(=O)c1cccc(Oc2ncccc2CN)c1. The number of benzene rings is 1. The summed E-state index contributed by atoms with van der Waals surface area (Å²) in [6.07, 6.45) is 2.74. The summed E-state index contributed by atoms with van der Waals surface area (Å²) in [5.41, 5.74) is 6.34. The zero-order valence-corrected chi connectivity index (χ0v) is 11.2. The molecule has 1 heterocycles. The van der Waals surface area contributed by atoms with Gasteiger partial charge in [-0.1, -0.05) is 12.1 Å². The number of nitrogens with zero attached hydrogens (tertiary/aromatic N) is 1. The molecule has 1 aromatic heterocycles. The Bertz CT molecular complexity index is 684. The fourth-order valence-electron chi connectivity index (χ4n) is 1.55. The van der Waals surface area contributed by atoms with E-state index in [1.54, 1.807) is 24.4 Å². The summed E-state index contributed by atoms with van der Waals surface area (Å²) in [5, 5.41) is 0. The van der Waals surface area contributed by atoms with Crippen molar-refractivity contribution in [2.24, 2.45) is 5.73 Å².